The molecule has 4 rings (SSSR count). The SMILES string of the molecule is CC(C)(C)c1ccc2c(c1)NC(C=Cc1cnccc1C(=O)NCC(=O)N1CC(F)(F)CC1C#N)S2. The fraction of sp³-hybridized carbons (Fsp3) is 0.385. The Labute approximate surface area is 213 Å². The molecule has 2 N–H and O–H groups in total. The maximum atomic E-state index is 13.6. The molecule has 2 aromatic rings. The lowest BCUT2D eigenvalue weighted by Gasteiger charge is -2.19. The number of rotatable bonds is 5. The van der Waals surface area contributed by atoms with Crippen molar-refractivity contribution in [2.75, 3.05) is 18.4 Å². The fourth-order valence-corrected chi connectivity index (χ4v) is 5.11. The van der Waals surface area contributed by atoms with Crippen molar-refractivity contribution in [3.8, 4) is 6.07 Å². The van der Waals surface area contributed by atoms with Crippen LogP contribution in [0.15, 0.2) is 47.6 Å². The molecule has 0 aliphatic carbocycles. The summed E-state index contributed by atoms with van der Waals surface area (Å²) in [5.41, 5.74) is 3.19. The summed E-state index contributed by atoms with van der Waals surface area (Å²) in [5.74, 6) is -4.36. The molecule has 1 saturated heterocycles. The molecule has 0 saturated carbocycles. The predicted molar refractivity (Wildman–Crippen MR) is 135 cm³/mol. The van der Waals surface area contributed by atoms with Gasteiger partial charge in [-0.05, 0) is 29.2 Å². The summed E-state index contributed by atoms with van der Waals surface area (Å²) >= 11 is 1.66. The Balaban J connectivity index is 1.40. The number of hydrogen-bond donors (Lipinski definition) is 2. The molecule has 0 spiro atoms. The first kappa shape index (κ1) is 25.6. The van der Waals surface area contributed by atoms with Gasteiger partial charge in [0.15, 0.2) is 0 Å². The molecular formula is C26H27F2N5O2S. The Hall–Kier alpha value is -3.45. The number of carbonyl (C=O) groups is 2. The molecule has 1 aromatic carbocycles. The molecule has 2 atom stereocenters. The number of aromatic nitrogens is 1. The first-order valence-corrected chi connectivity index (χ1v) is 12.4. The molecule has 2 unspecified atom stereocenters. The van der Waals surface area contributed by atoms with Gasteiger partial charge in [-0.3, -0.25) is 14.6 Å². The van der Waals surface area contributed by atoms with Gasteiger partial charge in [0.05, 0.1) is 24.5 Å². The Morgan fingerprint density at radius 3 is 2.86 bits per heavy atom. The molecule has 0 radical (unpaired) electrons. The summed E-state index contributed by atoms with van der Waals surface area (Å²) in [6.07, 6.45) is 6.04. The smallest absolute Gasteiger partial charge is 0.268 e. The largest absolute Gasteiger partial charge is 0.369 e. The first-order valence-electron chi connectivity index (χ1n) is 11.5. The topological polar surface area (TPSA) is 98.1 Å². The van der Waals surface area contributed by atoms with Gasteiger partial charge in [0.25, 0.3) is 11.8 Å². The van der Waals surface area contributed by atoms with Gasteiger partial charge in [-0.15, -0.1) is 0 Å². The molecule has 10 heteroatoms. The van der Waals surface area contributed by atoms with Crippen LogP contribution in [0.5, 0.6) is 0 Å². The van der Waals surface area contributed by atoms with Crippen molar-refractivity contribution < 1.29 is 18.4 Å². The highest BCUT2D eigenvalue weighted by molar-refractivity contribution is 8.00. The third-order valence-electron chi connectivity index (χ3n) is 6.08. The van der Waals surface area contributed by atoms with E-state index in [1.165, 1.54) is 17.8 Å². The zero-order valence-electron chi connectivity index (χ0n) is 20.2. The van der Waals surface area contributed by atoms with Crippen LogP contribution in [0.4, 0.5) is 14.5 Å². The first-order chi connectivity index (χ1) is 17.0. The summed E-state index contributed by atoms with van der Waals surface area (Å²) in [6.45, 7) is 5.19. The minimum Gasteiger partial charge on any atom is -0.369 e. The fourth-order valence-electron chi connectivity index (χ4n) is 4.10. The van der Waals surface area contributed by atoms with Crippen molar-refractivity contribution in [2.45, 2.75) is 54.8 Å². The van der Waals surface area contributed by atoms with E-state index in [0.29, 0.717) is 11.1 Å². The Morgan fingerprint density at radius 1 is 1.36 bits per heavy atom. The van der Waals surface area contributed by atoms with Crippen molar-refractivity contribution in [1.82, 2.24) is 15.2 Å². The molecule has 3 heterocycles. The van der Waals surface area contributed by atoms with E-state index >= 15 is 0 Å². The Kier molecular flexibility index (Phi) is 7.05. The number of nitrogens with one attached hydrogen (secondary N) is 2. The molecule has 188 valence electrons. The number of anilines is 1. The highest BCUT2D eigenvalue weighted by Crippen LogP contribution is 2.41. The number of nitriles is 1. The van der Waals surface area contributed by atoms with Crippen molar-refractivity contribution in [2.24, 2.45) is 0 Å². The minimum absolute atomic E-state index is 0.0346. The van der Waals surface area contributed by atoms with Crippen molar-refractivity contribution in [3.05, 3.63) is 59.4 Å². The number of hydrogen-bond acceptors (Lipinski definition) is 6. The number of thioether (sulfide) groups is 1. The zero-order valence-corrected chi connectivity index (χ0v) is 21.0. The summed E-state index contributed by atoms with van der Waals surface area (Å²) in [7, 11) is 0. The summed E-state index contributed by atoms with van der Waals surface area (Å²) < 4.78 is 27.3. The van der Waals surface area contributed by atoms with Gasteiger partial charge in [-0.2, -0.15) is 5.26 Å². The lowest BCUT2D eigenvalue weighted by atomic mass is 9.87. The maximum absolute atomic E-state index is 13.6. The standard InChI is InChI=1S/C26H27F2N5O2S/c1-25(2,3)17-5-6-21-20(10-17)32-22(36-21)7-4-16-13-30-9-8-19(16)24(35)31-14-23(34)33-15-26(27,28)11-18(33)12-29/h4-10,13,18,22,32H,11,14-15H2,1-3H3,(H,31,35). The van der Waals surface area contributed by atoms with E-state index in [2.05, 4.69) is 54.6 Å². The number of benzene rings is 1. The molecule has 7 nitrogen and oxygen atoms in total. The number of likely N-dealkylation sites (tertiary alicyclic amines) is 1. The highest BCUT2D eigenvalue weighted by atomic mass is 32.2. The Bertz CT molecular complexity index is 1250. The zero-order chi connectivity index (χ0) is 26.1. The van der Waals surface area contributed by atoms with E-state index in [-0.39, 0.29) is 10.8 Å². The van der Waals surface area contributed by atoms with Gasteiger partial charge in [0.2, 0.25) is 5.91 Å². The third kappa shape index (κ3) is 5.68. The number of nitrogens with zero attached hydrogens (tertiary/aromatic N) is 3. The second kappa shape index (κ2) is 9.90. The minimum atomic E-state index is -3.11. The van der Waals surface area contributed by atoms with E-state index in [0.717, 1.165) is 15.5 Å². The molecule has 2 aliphatic rings. The van der Waals surface area contributed by atoms with Crippen LogP contribution >= 0.6 is 11.8 Å². The van der Waals surface area contributed by atoms with E-state index < -0.39 is 43.3 Å². The normalized spacial score (nSPS) is 20.6. The number of carbonyl (C=O) groups excluding carboxylic acids is 2. The highest BCUT2D eigenvalue weighted by Gasteiger charge is 2.47. The van der Waals surface area contributed by atoms with Crippen molar-refractivity contribution in [1.29, 1.82) is 5.26 Å². The van der Waals surface area contributed by atoms with Crippen LogP contribution in [0.2, 0.25) is 0 Å². The van der Waals surface area contributed by atoms with Crippen LogP contribution in [0.3, 0.4) is 0 Å². The van der Waals surface area contributed by atoms with Crippen LogP contribution in [0.1, 0.15) is 48.7 Å². The third-order valence-corrected chi connectivity index (χ3v) is 7.22. The second-order valence-corrected chi connectivity index (χ2v) is 11.1. The average molecular weight is 512 g/mol. The molecule has 2 amide bonds. The Morgan fingerprint density at radius 2 is 2.14 bits per heavy atom. The van der Waals surface area contributed by atoms with E-state index in [9.17, 15) is 18.4 Å². The van der Waals surface area contributed by atoms with Crippen molar-refractivity contribution >= 4 is 35.3 Å². The molecular weight excluding hydrogens is 484 g/mol. The van der Waals surface area contributed by atoms with Crippen LogP contribution in [0.25, 0.3) is 6.08 Å². The van der Waals surface area contributed by atoms with Gasteiger partial charge >= 0.3 is 0 Å². The van der Waals surface area contributed by atoms with Crippen LogP contribution in [0, 0.1) is 11.3 Å². The van der Waals surface area contributed by atoms with Gasteiger partial charge in [-0.1, -0.05) is 50.8 Å². The quantitative estimate of drug-likeness (QED) is 0.617. The second-order valence-electron chi connectivity index (χ2n) is 9.88. The van der Waals surface area contributed by atoms with Gasteiger partial charge in [0.1, 0.15) is 6.04 Å². The lowest BCUT2D eigenvalue weighted by molar-refractivity contribution is -0.131. The molecule has 2 aliphatic heterocycles. The summed E-state index contributed by atoms with van der Waals surface area (Å²) in [5, 5.41) is 15.0. The van der Waals surface area contributed by atoms with E-state index in [1.54, 1.807) is 30.1 Å². The number of alkyl halides is 2. The van der Waals surface area contributed by atoms with Gasteiger partial charge < -0.3 is 15.5 Å². The number of pyridine rings is 1. The van der Waals surface area contributed by atoms with Crippen LogP contribution in [-0.4, -0.2) is 52.1 Å². The van der Waals surface area contributed by atoms with Crippen LogP contribution < -0.4 is 10.6 Å². The molecule has 1 fully saturated rings. The summed E-state index contributed by atoms with van der Waals surface area (Å²) in [6, 6.07) is 8.44. The van der Waals surface area contributed by atoms with Crippen LogP contribution in [-0.2, 0) is 10.2 Å². The number of amides is 2. The number of fused-ring (bicyclic) bond motifs is 1. The lowest BCUT2D eigenvalue weighted by Crippen LogP contribution is -2.43. The number of halogens is 2. The summed E-state index contributed by atoms with van der Waals surface area (Å²) in [4.78, 5) is 31.3. The van der Waals surface area contributed by atoms with E-state index in [1.807, 2.05) is 6.08 Å². The average Bonchev–Trinajstić information content (AvgIpc) is 3.39. The van der Waals surface area contributed by atoms with Crippen molar-refractivity contribution in [3.63, 3.8) is 0 Å². The predicted octanol–water partition coefficient (Wildman–Crippen LogP) is 4.43. The molecule has 0 bridgehead atoms. The molecule has 1 aromatic heterocycles. The van der Waals surface area contributed by atoms with E-state index in [4.69, 9.17) is 5.26 Å². The molecule has 36 heavy (non-hydrogen) atoms. The monoisotopic (exact) mass is 511 g/mol. The van der Waals surface area contributed by atoms with Gasteiger partial charge in [0, 0.05) is 40.5 Å². The maximum Gasteiger partial charge on any atom is 0.268 e. The van der Waals surface area contributed by atoms with Gasteiger partial charge in [-0.25, -0.2) is 8.78 Å².